The van der Waals surface area contributed by atoms with Gasteiger partial charge in [0.25, 0.3) is 0 Å². The highest BCUT2D eigenvalue weighted by atomic mass is 79.9. The van der Waals surface area contributed by atoms with Crippen LogP contribution < -0.4 is 4.72 Å². The highest BCUT2D eigenvalue weighted by Crippen LogP contribution is 2.34. The summed E-state index contributed by atoms with van der Waals surface area (Å²) in [4.78, 5) is 10.4. The molecule has 1 heterocycles. The molecule has 18 heavy (non-hydrogen) atoms. The number of aliphatic hydroxyl groups is 1. The molecule has 0 fully saturated rings. The van der Waals surface area contributed by atoms with Gasteiger partial charge in [-0.15, -0.1) is 11.3 Å². The van der Waals surface area contributed by atoms with E-state index < -0.39 is 22.1 Å². The van der Waals surface area contributed by atoms with Crippen LogP contribution >= 0.6 is 43.2 Å². The summed E-state index contributed by atoms with van der Waals surface area (Å²) in [6.07, 6.45) is -1.78. The summed E-state index contributed by atoms with van der Waals surface area (Å²) >= 11 is 7.50. The van der Waals surface area contributed by atoms with Gasteiger partial charge in [0.15, 0.2) is 6.10 Å². The van der Waals surface area contributed by atoms with E-state index in [4.69, 9.17) is 10.2 Å². The number of hydrogen-bond donors (Lipinski definition) is 3. The van der Waals surface area contributed by atoms with E-state index in [9.17, 15) is 13.2 Å². The molecule has 1 aromatic rings. The average Bonchev–Trinajstić information content (AvgIpc) is 2.58. The van der Waals surface area contributed by atoms with Gasteiger partial charge in [0.05, 0.1) is 7.57 Å². The van der Waals surface area contributed by atoms with Crippen LogP contribution in [-0.2, 0) is 14.8 Å². The summed E-state index contributed by atoms with van der Waals surface area (Å²) in [5.74, 6) is -1.38. The lowest BCUT2D eigenvalue weighted by Gasteiger charge is -2.07. The Balaban J connectivity index is 2.66. The average molecular weight is 423 g/mol. The standard InChI is InChI=1S/C8H9Br2NO5S2/c9-6-3-5(7(10)17-6)18(15,16)11-2-1-4(12)8(13)14/h3-4,11-12H,1-2H2,(H,13,14)/t4-/m0/s1. The molecule has 0 aliphatic carbocycles. The summed E-state index contributed by atoms with van der Waals surface area (Å²) < 4.78 is 27.0. The maximum atomic E-state index is 11.8. The molecule has 102 valence electrons. The van der Waals surface area contributed by atoms with Crippen molar-refractivity contribution < 1.29 is 23.4 Å². The van der Waals surface area contributed by atoms with E-state index in [1.807, 2.05) is 0 Å². The molecule has 0 aromatic carbocycles. The fourth-order valence-corrected chi connectivity index (χ4v) is 5.90. The van der Waals surface area contributed by atoms with Crippen molar-refractivity contribution in [2.75, 3.05) is 6.54 Å². The van der Waals surface area contributed by atoms with Crippen LogP contribution in [0.4, 0.5) is 0 Å². The Hall–Kier alpha value is -0.000000000000000333. The van der Waals surface area contributed by atoms with Crippen LogP contribution in [0, 0.1) is 0 Å². The zero-order valence-electron chi connectivity index (χ0n) is 8.76. The van der Waals surface area contributed by atoms with Crippen LogP contribution in [0.2, 0.25) is 0 Å². The number of carboxylic acids is 1. The van der Waals surface area contributed by atoms with E-state index in [1.165, 1.54) is 17.4 Å². The van der Waals surface area contributed by atoms with Crippen LogP contribution in [0.15, 0.2) is 18.5 Å². The van der Waals surface area contributed by atoms with Crippen molar-refractivity contribution in [3.8, 4) is 0 Å². The SMILES string of the molecule is O=C(O)[C@@H](O)CCNS(=O)(=O)c1cc(Br)sc1Br. The number of nitrogens with one attached hydrogen (secondary N) is 1. The molecule has 1 atom stereocenters. The van der Waals surface area contributed by atoms with E-state index in [2.05, 4.69) is 36.6 Å². The zero-order chi connectivity index (χ0) is 13.9. The summed E-state index contributed by atoms with van der Waals surface area (Å²) in [5.41, 5.74) is 0. The maximum absolute atomic E-state index is 11.8. The van der Waals surface area contributed by atoms with Crippen molar-refractivity contribution in [3.05, 3.63) is 13.6 Å². The van der Waals surface area contributed by atoms with E-state index in [0.29, 0.717) is 7.57 Å². The van der Waals surface area contributed by atoms with Crippen LogP contribution in [0.5, 0.6) is 0 Å². The molecular weight excluding hydrogens is 414 g/mol. The quantitative estimate of drug-likeness (QED) is 0.642. The topological polar surface area (TPSA) is 104 Å². The lowest BCUT2D eigenvalue weighted by Crippen LogP contribution is -2.30. The van der Waals surface area contributed by atoms with Crippen molar-refractivity contribution in [1.82, 2.24) is 4.72 Å². The van der Waals surface area contributed by atoms with Gasteiger partial charge in [-0.2, -0.15) is 0 Å². The number of aliphatic carboxylic acids is 1. The number of carbonyl (C=O) groups is 1. The largest absolute Gasteiger partial charge is 0.479 e. The van der Waals surface area contributed by atoms with Crippen molar-refractivity contribution in [3.63, 3.8) is 0 Å². The molecule has 1 aromatic heterocycles. The zero-order valence-corrected chi connectivity index (χ0v) is 13.6. The van der Waals surface area contributed by atoms with Gasteiger partial charge >= 0.3 is 5.97 Å². The van der Waals surface area contributed by atoms with E-state index >= 15 is 0 Å². The third-order valence-electron chi connectivity index (χ3n) is 1.91. The molecule has 0 aliphatic heterocycles. The maximum Gasteiger partial charge on any atom is 0.332 e. The number of halogens is 2. The molecule has 6 nitrogen and oxygen atoms in total. The molecule has 0 saturated heterocycles. The minimum absolute atomic E-state index is 0.0733. The van der Waals surface area contributed by atoms with E-state index in [0.717, 1.165) is 0 Å². The van der Waals surface area contributed by atoms with Gasteiger partial charge in [0.1, 0.15) is 4.90 Å². The molecule has 0 unspecified atom stereocenters. The van der Waals surface area contributed by atoms with Gasteiger partial charge < -0.3 is 10.2 Å². The van der Waals surface area contributed by atoms with Gasteiger partial charge in [0.2, 0.25) is 10.0 Å². The first kappa shape index (κ1) is 16.1. The van der Waals surface area contributed by atoms with E-state index in [-0.39, 0.29) is 17.9 Å². The van der Waals surface area contributed by atoms with E-state index in [1.54, 1.807) is 0 Å². The second-order valence-electron chi connectivity index (χ2n) is 3.23. The highest BCUT2D eigenvalue weighted by Gasteiger charge is 2.21. The predicted octanol–water partition coefficient (Wildman–Crippen LogP) is 1.39. The molecule has 3 N–H and O–H groups in total. The molecule has 0 radical (unpaired) electrons. The molecule has 1 rings (SSSR count). The Morgan fingerprint density at radius 1 is 1.50 bits per heavy atom. The van der Waals surface area contributed by atoms with Crippen LogP contribution in [0.25, 0.3) is 0 Å². The summed E-state index contributed by atoms with van der Waals surface area (Å²) in [6.45, 7) is -0.157. The molecular formula is C8H9Br2NO5S2. The van der Waals surface area contributed by atoms with Gasteiger partial charge in [-0.25, -0.2) is 17.9 Å². The number of thiophene rings is 1. The van der Waals surface area contributed by atoms with Crippen LogP contribution in [-0.4, -0.2) is 37.2 Å². The van der Waals surface area contributed by atoms with Gasteiger partial charge in [-0.1, -0.05) is 0 Å². The van der Waals surface area contributed by atoms with Gasteiger partial charge in [0, 0.05) is 6.54 Å². The summed E-state index contributed by atoms with van der Waals surface area (Å²) in [7, 11) is -3.71. The first-order valence-electron chi connectivity index (χ1n) is 4.59. The van der Waals surface area contributed by atoms with Gasteiger partial charge in [-0.05, 0) is 44.3 Å². The third-order valence-corrected chi connectivity index (χ3v) is 6.13. The van der Waals surface area contributed by atoms with Gasteiger partial charge in [-0.3, -0.25) is 0 Å². The minimum Gasteiger partial charge on any atom is -0.479 e. The second kappa shape index (κ2) is 6.44. The Morgan fingerprint density at radius 2 is 2.11 bits per heavy atom. The molecule has 0 aliphatic rings. The summed E-state index contributed by atoms with van der Waals surface area (Å²) in [5, 5.41) is 17.4. The Labute approximate surface area is 124 Å². The second-order valence-corrected chi connectivity index (χ2v) is 8.71. The van der Waals surface area contributed by atoms with Crippen molar-refractivity contribution in [1.29, 1.82) is 0 Å². The van der Waals surface area contributed by atoms with Crippen molar-refractivity contribution >= 4 is 59.2 Å². The number of rotatable bonds is 6. The van der Waals surface area contributed by atoms with Crippen LogP contribution in [0.1, 0.15) is 6.42 Å². The Bertz CT molecular complexity index is 542. The smallest absolute Gasteiger partial charge is 0.332 e. The number of aliphatic hydroxyl groups excluding tert-OH is 1. The third kappa shape index (κ3) is 4.28. The van der Waals surface area contributed by atoms with Crippen LogP contribution in [0.3, 0.4) is 0 Å². The Morgan fingerprint density at radius 3 is 2.56 bits per heavy atom. The molecule has 0 bridgehead atoms. The number of carboxylic acid groups (broad SMARTS) is 1. The fraction of sp³-hybridized carbons (Fsp3) is 0.375. The molecule has 10 heteroatoms. The molecule has 0 amide bonds. The monoisotopic (exact) mass is 421 g/mol. The first-order valence-corrected chi connectivity index (χ1v) is 8.48. The first-order chi connectivity index (χ1) is 8.24. The minimum atomic E-state index is -3.71. The summed E-state index contributed by atoms with van der Waals surface area (Å²) in [6, 6.07) is 1.44. The number of hydrogen-bond acceptors (Lipinski definition) is 5. The fourth-order valence-electron chi connectivity index (χ4n) is 1.04. The Kier molecular flexibility index (Phi) is 5.74. The highest BCUT2D eigenvalue weighted by molar-refractivity contribution is 9.12. The lowest BCUT2D eigenvalue weighted by atomic mass is 10.3. The van der Waals surface area contributed by atoms with Crippen molar-refractivity contribution in [2.45, 2.75) is 17.4 Å². The molecule has 0 saturated carbocycles. The lowest BCUT2D eigenvalue weighted by molar-refractivity contribution is -0.146. The van der Waals surface area contributed by atoms with Crippen molar-refractivity contribution in [2.24, 2.45) is 0 Å². The number of sulfonamides is 1. The predicted molar refractivity (Wildman–Crippen MR) is 73.2 cm³/mol. The molecule has 0 spiro atoms. The normalized spacial score (nSPS) is 13.5.